The van der Waals surface area contributed by atoms with Gasteiger partial charge in [-0.2, -0.15) is 4.98 Å². The van der Waals surface area contributed by atoms with Crippen LogP contribution in [0.3, 0.4) is 0 Å². The lowest BCUT2D eigenvalue weighted by Crippen LogP contribution is -2.16. The van der Waals surface area contributed by atoms with Crippen LogP contribution in [0.1, 0.15) is 45.9 Å². The van der Waals surface area contributed by atoms with Gasteiger partial charge in [-0.05, 0) is 25.3 Å². The zero-order valence-corrected chi connectivity index (χ0v) is 17.2. The van der Waals surface area contributed by atoms with Gasteiger partial charge in [0.05, 0.1) is 5.56 Å². The number of carboxylic acid groups (broad SMARTS) is 1. The lowest BCUT2D eigenvalue weighted by molar-refractivity contribution is -0.133. The van der Waals surface area contributed by atoms with E-state index in [-0.39, 0.29) is 16.9 Å². The molecule has 2 heterocycles. The quantitative estimate of drug-likeness (QED) is 0.642. The zero-order valence-electron chi connectivity index (χ0n) is 16.4. The largest absolute Gasteiger partial charge is 0.478 e. The molecular formula is C21H21N3O4S. The monoisotopic (exact) mass is 411 g/mol. The molecule has 2 N–H and O–H groups in total. The molecule has 150 valence electrons. The molecule has 29 heavy (non-hydrogen) atoms. The Balaban J connectivity index is 1.78. The number of aromatic nitrogens is 2. The van der Waals surface area contributed by atoms with Gasteiger partial charge in [-0.15, -0.1) is 11.3 Å². The molecule has 4 rings (SSSR count). The number of fused-ring (bicyclic) bond motifs is 1. The van der Waals surface area contributed by atoms with Gasteiger partial charge in [-0.1, -0.05) is 44.1 Å². The first-order valence-electron chi connectivity index (χ1n) is 9.38. The Morgan fingerprint density at radius 3 is 2.59 bits per heavy atom. The summed E-state index contributed by atoms with van der Waals surface area (Å²) >= 11 is 1.41. The second-order valence-corrected chi connectivity index (χ2v) is 9.10. The van der Waals surface area contributed by atoms with E-state index in [1.54, 1.807) is 0 Å². The van der Waals surface area contributed by atoms with Gasteiger partial charge in [0.2, 0.25) is 11.7 Å². The van der Waals surface area contributed by atoms with E-state index in [0.29, 0.717) is 47.1 Å². The summed E-state index contributed by atoms with van der Waals surface area (Å²) in [6.07, 6.45) is 1.55. The van der Waals surface area contributed by atoms with Crippen molar-refractivity contribution < 1.29 is 19.2 Å². The molecular weight excluding hydrogens is 390 g/mol. The summed E-state index contributed by atoms with van der Waals surface area (Å²) in [5.74, 6) is -0.502. The van der Waals surface area contributed by atoms with Crippen molar-refractivity contribution in [3.8, 4) is 11.4 Å². The highest BCUT2D eigenvalue weighted by Gasteiger charge is 2.28. The van der Waals surface area contributed by atoms with Crippen molar-refractivity contribution in [3.05, 3.63) is 41.3 Å². The van der Waals surface area contributed by atoms with Crippen molar-refractivity contribution in [3.63, 3.8) is 0 Å². The lowest BCUT2D eigenvalue weighted by atomic mass is 9.97. The number of amides is 1. The fraction of sp³-hybridized carbons (Fsp3) is 0.333. The smallest absolute Gasteiger partial charge is 0.332 e. The number of hydrogen-bond donors (Lipinski definition) is 2. The van der Waals surface area contributed by atoms with Gasteiger partial charge >= 0.3 is 5.97 Å². The fourth-order valence-corrected chi connectivity index (χ4v) is 4.49. The molecule has 0 saturated carbocycles. The average Bonchev–Trinajstić information content (AvgIpc) is 3.38. The second kappa shape index (κ2) is 7.11. The number of anilines is 1. The van der Waals surface area contributed by atoms with E-state index >= 15 is 0 Å². The zero-order chi connectivity index (χ0) is 20.8. The molecule has 1 aromatic carbocycles. The van der Waals surface area contributed by atoms with E-state index in [1.165, 1.54) is 11.3 Å². The third-order valence-corrected chi connectivity index (χ3v) is 5.95. The van der Waals surface area contributed by atoms with Gasteiger partial charge in [0.25, 0.3) is 5.91 Å². The fourth-order valence-electron chi connectivity index (χ4n) is 3.39. The summed E-state index contributed by atoms with van der Waals surface area (Å²) < 4.78 is 6.42. The maximum Gasteiger partial charge on any atom is 0.332 e. The number of carbonyl (C=O) groups excluding carboxylic acids is 1. The van der Waals surface area contributed by atoms with Gasteiger partial charge in [0.15, 0.2) is 0 Å². The Morgan fingerprint density at radius 1 is 1.17 bits per heavy atom. The molecule has 0 aliphatic heterocycles. The number of carbonyl (C=O) groups is 2. The van der Waals surface area contributed by atoms with Crippen molar-refractivity contribution in [2.45, 2.75) is 45.4 Å². The van der Waals surface area contributed by atoms with Gasteiger partial charge < -0.3 is 14.9 Å². The molecule has 7 nitrogen and oxygen atoms in total. The maximum atomic E-state index is 12.9. The summed E-state index contributed by atoms with van der Waals surface area (Å²) in [5, 5.41) is 17.9. The molecule has 1 aliphatic carbocycles. The van der Waals surface area contributed by atoms with Gasteiger partial charge in [-0.25, -0.2) is 4.79 Å². The highest BCUT2D eigenvalue weighted by atomic mass is 32.1. The molecule has 3 aromatic rings. The number of carboxylic acids is 1. The first-order valence-corrected chi connectivity index (χ1v) is 10.2. The first-order chi connectivity index (χ1) is 13.8. The highest BCUT2D eigenvalue weighted by molar-refractivity contribution is 7.23. The van der Waals surface area contributed by atoms with Crippen molar-refractivity contribution in [1.29, 1.82) is 0 Å². The summed E-state index contributed by atoms with van der Waals surface area (Å²) in [4.78, 5) is 28.8. The van der Waals surface area contributed by atoms with Crippen molar-refractivity contribution in [2.75, 3.05) is 5.32 Å². The SMILES string of the molecule is CC(C)(C)c1nc(-c2c(NC(=O)C3=C(C(=O)O)CCC3)sc3ccccc23)no1. The molecule has 0 saturated heterocycles. The number of rotatable bonds is 4. The van der Waals surface area contributed by atoms with Crippen LogP contribution in [0.25, 0.3) is 21.5 Å². The molecule has 8 heteroatoms. The molecule has 2 aromatic heterocycles. The topological polar surface area (TPSA) is 105 Å². The second-order valence-electron chi connectivity index (χ2n) is 8.05. The maximum absolute atomic E-state index is 12.9. The summed E-state index contributed by atoms with van der Waals surface area (Å²) in [7, 11) is 0. The normalized spacial score (nSPS) is 14.6. The van der Waals surface area contributed by atoms with Gasteiger partial charge in [0, 0.05) is 26.6 Å². The lowest BCUT2D eigenvalue weighted by Gasteiger charge is -2.10. The van der Waals surface area contributed by atoms with Gasteiger partial charge in [-0.3, -0.25) is 4.79 Å². The highest BCUT2D eigenvalue weighted by Crippen LogP contribution is 2.42. The van der Waals surface area contributed by atoms with Crippen molar-refractivity contribution >= 4 is 38.3 Å². The standard InChI is InChI=1S/C21H21N3O4S/c1-21(2,3)20-22-16(24-28-20)15-13-7-4-5-10-14(13)29-18(15)23-17(25)11-8-6-9-12(11)19(26)27/h4-5,7,10H,6,8-9H2,1-3H3,(H,23,25)(H,26,27). The minimum absolute atomic E-state index is 0.194. The van der Waals surface area contributed by atoms with E-state index < -0.39 is 5.97 Å². The number of hydrogen-bond acceptors (Lipinski definition) is 6. The number of thiophene rings is 1. The van der Waals surface area contributed by atoms with Crippen LogP contribution in [-0.4, -0.2) is 27.1 Å². The van der Waals surface area contributed by atoms with Crippen LogP contribution in [-0.2, 0) is 15.0 Å². The van der Waals surface area contributed by atoms with Crippen molar-refractivity contribution in [1.82, 2.24) is 10.1 Å². The Morgan fingerprint density at radius 2 is 1.90 bits per heavy atom. The van der Waals surface area contributed by atoms with E-state index in [2.05, 4.69) is 15.5 Å². The number of benzene rings is 1. The number of aliphatic carboxylic acids is 1. The minimum Gasteiger partial charge on any atom is -0.478 e. The average molecular weight is 411 g/mol. The van der Waals surface area contributed by atoms with E-state index in [0.717, 1.165) is 10.1 Å². The van der Waals surface area contributed by atoms with Crippen LogP contribution in [0.2, 0.25) is 0 Å². The summed E-state index contributed by atoms with van der Waals surface area (Å²) in [6, 6.07) is 7.74. The van der Waals surface area contributed by atoms with Crippen molar-refractivity contribution in [2.24, 2.45) is 0 Å². The molecule has 0 spiro atoms. The third-order valence-electron chi connectivity index (χ3n) is 4.86. The molecule has 0 bridgehead atoms. The van der Waals surface area contributed by atoms with Crippen LogP contribution in [0.5, 0.6) is 0 Å². The molecule has 1 amide bonds. The van der Waals surface area contributed by atoms with E-state index in [9.17, 15) is 14.7 Å². The summed E-state index contributed by atoms with van der Waals surface area (Å²) in [6.45, 7) is 5.95. The van der Waals surface area contributed by atoms with E-state index in [1.807, 2.05) is 45.0 Å². The van der Waals surface area contributed by atoms with Crippen LogP contribution in [0.15, 0.2) is 39.9 Å². The van der Waals surface area contributed by atoms with Crippen LogP contribution >= 0.6 is 11.3 Å². The predicted molar refractivity (Wildman–Crippen MR) is 111 cm³/mol. The minimum atomic E-state index is -1.03. The van der Waals surface area contributed by atoms with Crippen LogP contribution in [0.4, 0.5) is 5.00 Å². The number of nitrogens with one attached hydrogen (secondary N) is 1. The Labute approximate surface area is 171 Å². The van der Waals surface area contributed by atoms with Crippen LogP contribution in [0, 0.1) is 0 Å². The molecule has 0 radical (unpaired) electrons. The molecule has 0 unspecified atom stereocenters. The summed E-state index contributed by atoms with van der Waals surface area (Å²) in [5.41, 5.74) is 0.920. The van der Waals surface area contributed by atoms with Gasteiger partial charge in [0.1, 0.15) is 5.00 Å². The number of nitrogens with zero attached hydrogens (tertiary/aromatic N) is 2. The predicted octanol–water partition coefficient (Wildman–Crippen LogP) is 4.75. The molecule has 0 fully saturated rings. The Kier molecular flexibility index (Phi) is 4.74. The molecule has 1 aliphatic rings. The van der Waals surface area contributed by atoms with Crippen LogP contribution < -0.4 is 5.32 Å². The Bertz CT molecular complexity index is 1150. The molecule has 0 atom stereocenters. The Hall–Kier alpha value is -3.00. The van der Waals surface area contributed by atoms with E-state index in [4.69, 9.17) is 4.52 Å². The first kappa shape index (κ1) is 19.3. The third kappa shape index (κ3) is 3.55.